The third kappa shape index (κ3) is 9.02. The van der Waals surface area contributed by atoms with Crippen LogP contribution in [-0.4, -0.2) is 52.7 Å². The number of hydrogen-bond donors (Lipinski definition) is 3. The van der Waals surface area contributed by atoms with Crippen molar-refractivity contribution >= 4 is 33.4 Å². The van der Waals surface area contributed by atoms with E-state index in [4.69, 9.17) is 20.9 Å². The highest BCUT2D eigenvalue weighted by Crippen LogP contribution is 2.45. The molecule has 0 radical (unpaired) electrons. The summed E-state index contributed by atoms with van der Waals surface area (Å²) in [6.07, 6.45) is 4.10. The lowest BCUT2D eigenvalue weighted by atomic mass is 9.92. The quantitative estimate of drug-likeness (QED) is 0.0569. The van der Waals surface area contributed by atoms with Crippen LogP contribution in [0, 0.1) is 5.92 Å². The van der Waals surface area contributed by atoms with Gasteiger partial charge in [-0.3, -0.25) is 9.79 Å². The molecule has 0 saturated carbocycles. The fraction of sp³-hybridized carbons (Fsp3) is 0.268. The zero-order valence-corrected chi connectivity index (χ0v) is 29.2. The number of amides is 1. The van der Waals surface area contributed by atoms with Crippen molar-refractivity contribution in [1.29, 1.82) is 0 Å². The van der Waals surface area contributed by atoms with E-state index in [-0.39, 0.29) is 24.5 Å². The van der Waals surface area contributed by atoms with Gasteiger partial charge >= 0.3 is 0 Å². The summed E-state index contributed by atoms with van der Waals surface area (Å²) in [4.78, 5) is 17.7. The van der Waals surface area contributed by atoms with E-state index in [0.717, 1.165) is 56.1 Å². The average Bonchev–Trinajstić information content (AvgIpc) is 3.61. The van der Waals surface area contributed by atoms with Crippen LogP contribution in [-0.2, 0) is 11.3 Å². The van der Waals surface area contributed by atoms with Gasteiger partial charge in [0.2, 0.25) is 0 Å². The molecular formula is C41H45N7O3. The minimum Gasteiger partial charge on any atom is -0.493 e. The van der Waals surface area contributed by atoms with E-state index in [1.165, 1.54) is 0 Å². The summed E-state index contributed by atoms with van der Waals surface area (Å²) in [6, 6.07) is 34.2. The second-order valence-electron chi connectivity index (χ2n) is 13.0. The van der Waals surface area contributed by atoms with Gasteiger partial charge in [0.15, 0.2) is 12.6 Å². The molecule has 0 aliphatic carbocycles. The fourth-order valence-electron chi connectivity index (χ4n) is 6.19. The van der Waals surface area contributed by atoms with Gasteiger partial charge in [0.25, 0.3) is 5.91 Å². The maximum Gasteiger partial charge on any atom is 0.258 e. The van der Waals surface area contributed by atoms with Crippen LogP contribution in [0.2, 0.25) is 0 Å². The van der Waals surface area contributed by atoms with Crippen LogP contribution < -0.4 is 26.3 Å². The predicted molar refractivity (Wildman–Crippen MR) is 205 cm³/mol. The highest BCUT2D eigenvalue weighted by Gasteiger charge is 2.21. The molecule has 51 heavy (non-hydrogen) atoms. The number of guanidine groups is 1. The number of ether oxygens (including phenoxy) is 2. The SMILES string of the molecule is CC(C)CCOc1ccc2ccccc2c1-c1c(OCC(=O)N[C@H](CCCN=C(N)N)Cn2cc(-c3ccccc3)nn2)ccc2ccccc12. The van der Waals surface area contributed by atoms with Crippen molar-refractivity contribution in [3.05, 3.63) is 109 Å². The summed E-state index contributed by atoms with van der Waals surface area (Å²) in [6.45, 7) is 5.66. The summed E-state index contributed by atoms with van der Waals surface area (Å²) in [7, 11) is 0. The lowest BCUT2D eigenvalue weighted by molar-refractivity contribution is -0.124. The van der Waals surface area contributed by atoms with Crippen molar-refractivity contribution in [2.45, 2.75) is 45.7 Å². The monoisotopic (exact) mass is 683 g/mol. The van der Waals surface area contributed by atoms with Crippen LogP contribution in [0.1, 0.15) is 33.1 Å². The lowest BCUT2D eigenvalue weighted by Gasteiger charge is -2.21. The molecular weight excluding hydrogens is 638 g/mol. The van der Waals surface area contributed by atoms with Crippen LogP contribution in [0.5, 0.6) is 11.5 Å². The Morgan fingerprint density at radius 2 is 1.43 bits per heavy atom. The topological polar surface area (TPSA) is 143 Å². The summed E-state index contributed by atoms with van der Waals surface area (Å²) < 4.78 is 14.6. The van der Waals surface area contributed by atoms with E-state index in [9.17, 15) is 4.79 Å². The van der Waals surface area contributed by atoms with Crippen molar-refractivity contribution in [2.24, 2.45) is 22.4 Å². The molecule has 0 spiro atoms. The first-order valence-corrected chi connectivity index (χ1v) is 17.5. The van der Waals surface area contributed by atoms with Gasteiger partial charge in [-0.1, -0.05) is 110 Å². The van der Waals surface area contributed by atoms with Gasteiger partial charge in [-0.2, -0.15) is 0 Å². The molecule has 262 valence electrons. The molecule has 1 atom stereocenters. The Labute approximate surface area is 298 Å². The number of benzene rings is 5. The number of nitrogens with zero attached hydrogens (tertiary/aromatic N) is 4. The van der Waals surface area contributed by atoms with E-state index >= 15 is 0 Å². The van der Waals surface area contributed by atoms with Crippen molar-refractivity contribution in [3.63, 3.8) is 0 Å². The number of carbonyl (C=O) groups is 1. The number of fused-ring (bicyclic) bond motifs is 2. The van der Waals surface area contributed by atoms with Gasteiger partial charge in [-0.05, 0) is 58.9 Å². The summed E-state index contributed by atoms with van der Waals surface area (Å²) >= 11 is 0. The van der Waals surface area contributed by atoms with Crippen LogP contribution in [0.4, 0.5) is 0 Å². The number of aromatic nitrogens is 3. The van der Waals surface area contributed by atoms with Crippen molar-refractivity contribution in [1.82, 2.24) is 20.3 Å². The molecule has 6 aromatic rings. The largest absolute Gasteiger partial charge is 0.493 e. The summed E-state index contributed by atoms with van der Waals surface area (Å²) in [5.74, 6) is 1.68. The van der Waals surface area contributed by atoms with E-state index in [0.29, 0.717) is 44.2 Å². The van der Waals surface area contributed by atoms with Crippen molar-refractivity contribution < 1.29 is 14.3 Å². The van der Waals surface area contributed by atoms with Gasteiger partial charge in [0.1, 0.15) is 17.2 Å². The normalized spacial score (nSPS) is 11.8. The van der Waals surface area contributed by atoms with Gasteiger partial charge in [0, 0.05) is 29.3 Å². The zero-order valence-electron chi connectivity index (χ0n) is 29.2. The zero-order chi connectivity index (χ0) is 35.6. The molecule has 1 aromatic heterocycles. The first-order chi connectivity index (χ1) is 24.9. The predicted octanol–water partition coefficient (Wildman–Crippen LogP) is 6.96. The molecule has 0 unspecified atom stereocenters. The Hall–Kier alpha value is -5.90. The minimum atomic E-state index is -0.268. The summed E-state index contributed by atoms with van der Waals surface area (Å²) in [5, 5.41) is 16.1. The van der Waals surface area contributed by atoms with Crippen LogP contribution in [0.3, 0.4) is 0 Å². The summed E-state index contributed by atoms with van der Waals surface area (Å²) in [5.41, 5.74) is 14.6. The van der Waals surface area contributed by atoms with Crippen molar-refractivity contribution in [3.8, 4) is 33.9 Å². The van der Waals surface area contributed by atoms with Crippen LogP contribution in [0.25, 0.3) is 43.9 Å². The molecule has 0 saturated heterocycles. The fourth-order valence-corrected chi connectivity index (χ4v) is 6.19. The van der Waals surface area contributed by atoms with E-state index in [1.807, 2.05) is 79.0 Å². The number of nitrogens with one attached hydrogen (secondary N) is 1. The Morgan fingerprint density at radius 3 is 2.08 bits per heavy atom. The Bertz CT molecular complexity index is 2110. The average molecular weight is 684 g/mol. The third-order valence-electron chi connectivity index (χ3n) is 8.73. The highest BCUT2D eigenvalue weighted by molar-refractivity contribution is 6.09. The maximum atomic E-state index is 13.6. The minimum absolute atomic E-state index is 0.0404. The van der Waals surface area contributed by atoms with E-state index in [1.54, 1.807) is 4.68 Å². The molecule has 1 amide bonds. The number of rotatable bonds is 16. The first kappa shape index (κ1) is 34.9. The number of hydrogen-bond acceptors (Lipinski definition) is 6. The molecule has 10 nitrogen and oxygen atoms in total. The van der Waals surface area contributed by atoms with Gasteiger partial charge in [-0.25, -0.2) is 4.68 Å². The maximum absolute atomic E-state index is 13.6. The smallest absolute Gasteiger partial charge is 0.258 e. The van der Waals surface area contributed by atoms with E-state index in [2.05, 4.69) is 64.8 Å². The number of nitrogens with two attached hydrogens (primary N) is 2. The number of aliphatic imine (C=N–C) groups is 1. The molecule has 1 heterocycles. The second kappa shape index (κ2) is 16.7. The molecule has 0 aliphatic rings. The Balaban J connectivity index is 1.26. The lowest BCUT2D eigenvalue weighted by Crippen LogP contribution is -2.40. The van der Waals surface area contributed by atoms with Crippen molar-refractivity contribution in [2.75, 3.05) is 19.8 Å². The second-order valence-corrected chi connectivity index (χ2v) is 13.0. The molecule has 0 aliphatic heterocycles. The van der Waals surface area contributed by atoms with Crippen LogP contribution in [0.15, 0.2) is 114 Å². The standard InChI is InChI=1S/C41H45N7O3/c1-28(2)22-24-50-36-20-18-29-11-6-8-16-33(29)39(36)40-34-17-9-7-12-30(34)19-21-37(40)51-27-38(49)45-32(15-10-23-44-41(42)43)25-48-26-35(46-47-48)31-13-4-3-5-14-31/h3-9,11-14,16-21,26,28,32H,10,15,22-25,27H2,1-2H3,(H,45,49)(H4,42,43,44)/t32-/m1/s1. The van der Waals surface area contributed by atoms with Crippen LogP contribution >= 0.6 is 0 Å². The number of carbonyl (C=O) groups excluding carboxylic acids is 1. The molecule has 0 fully saturated rings. The van der Waals surface area contributed by atoms with Gasteiger partial charge in [-0.15, -0.1) is 5.10 Å². The van der Waals surface area contributed by atoms with E-state index < -0.39 is 0 Å². The molecule has 6 rings (SSSR count). The molecule has 0 bridgehead atoms. The molecule has 5 aromatic carbocycles. The molecule has 5 N–H and O–H groups in total. The Morgan fingerprint density at radius 1 is 0.804 bits per heavy atom. The highest BCUT2D eigenvalue weighted by atomic mass is 16.5. The van der Waals surface area contributed by atoms with Gasteiger partial charge in [0.05, 0.1) is 19.3 Å². The molecule has 10 heteroatoms. The first-order valence-electron chi connectivity index (χ1n) is 17.5. The Kier molecular flexibility index (Phi) is 11.4. The van der Waals surface area contributed by atoms with Gasteiger partial charge < -0.3 is 26.3 Å². The third-order valence-corrected chi connectivity index (χ3v) is 8.73.